The Morgan fingerprint density at radius 1 is 1.21 bits per heavy atom. The monoisotopic (exact) mass is 275 g/mol. The van der Waals surface area contributed by atoms with Crippen molar-refractivity contribution in [1.82, 2.24) is 9.80 Å². The second-order valence-electron chi connectivity index (χ2n) is 5.38. The largest absolute Gasteiger partial charge is 0.326 e. The fraction of sp³-hybridized carbons (Fsp3) is 0.467. The summed E-state index contributed by atoms with van der Waals surface area (Å²) < 4.78 is 1.37. The van der Waals surface area contributed by atoms with Crippen LogP contribution in [-0.2, 0) is 13.1 Å². The van der Waals surface area contributed by atoms with E-state index in [4.69, 9.17) is 5.73 Å². The molecule has 1 aliphatic rings. The molecule has 4 heteroatoms. The van der Waals surface area contributed by atoms with Gasteiger partial charge in [-0.2, -0.15) is 0 Å². The summed E-state index contributed by atoms with van der Waals surface area (Å²) in [6.45, 7) is 6.42. The predicted octanol–water partition coefficient (Wildman–Crippen LogP) is 2.11. The molecule has 1 aromatic carbocycles. The van der Waals surface area contributed by atoms with Gasteiger partial charge in [0.05, 0.1) is 0 Å². The van der Waals surface area contributed by atoms with Crippen LogP contribution in [0.1, 0.15) is 11.1 Å². The van der Waals surface area contributed by atoms with Crippen LogP contribution >= 0.6 is 11.3 Å². The van der Waals surface area contributed by atoms with Crippen molar-refractivity contribution in [3.8, 4) is 0 Å². The Kier molecular flexibility index (Phi) is 3.84. The first-order valence-corrected chi connectivity index (χ1v) is 7.74. The van der Waals surface area contributed by atoms with Crippen LogP contribution in [0.15, 0.2) is 23.6 Å². The molecule has 2 aromatic rings. The first kappa shape index (κ1) is 13.1. The van der Waals surface area contributed by atoms with Gasteiger partial charge in [0, 0.05) is 44.0 Å². The molecule has 2 N–H and O–H groups in total. The summed E-state index contributed by atoms with van der Waals surface area (Å²) in [5.74, 6) is 0. The molecule has 0 bridgehead atoms. The van der Waals surface area contributed by atoms with Gasteiger partial charge in [-0.25, -0.2) is 0 Å². The third kappa shape index (κ3) is 2.82. The van der Waals surface area contributed by atoms with Crippen LogP contribution in [0, 0.1) is 0 Å². The minimum absolute atomic E-state index is 0.627. The molecule has 1 aliphatic heterocycles. The molecule has 1 aromatic heterocycles. The van der Waals surface area contributed by atoms with E-state index in [-0.39, 0.29) is 0 Å². The van der Waals surface area contributed by atoms with Crippen LogP contribution in [0.3, 0.4) is 0 Å². The Morgan fingerprint density at radius 2 is 2.00 bits per heavy atom. The number of likely N-dealkylation sites (N-methyl/N-ethyl adjacent to an activating group) is 1. The molecule has 0 saturated carbocycles. The quantitative estimate of drug-likeness (QED) is 0.931. The second-order valence-corrected chi connectivity index (χ2v) is 6.29. The van der Waals surface area contributed by atoms with E-state index in [0.29, 0.717) is 6.54 Å². The molecule has 1 fully saturated rings. The fourth-order valence-electron chi connectivity index (χ4n) is 2.62. The number of hydrogen-bond acceptors (Lipinski definition) is 4. The standard InChI is InChI=1S/C15H21N3S/c1-17-4-6-18(7-5-17)10-13-11-19-15-8-12(9-16)2-3-14(13)15/h2-3,8,11H,4-7,9-10,16H2,1H3. The van der Waals surface area contributed by atoms with E-state index in [2.05, 4.69) is 40.4 Å². The molecule has 102 valence electrons. The van der Waals surface area contributed by atoms with Crippen LogP contribution in [0.2, 0.25) is 0 Å². The van der Waals surface area contributed by atoms with Crippen molar-refractivity contribution in [2.24, 2.45) is 5.73 Å². The molecule has 3 rings (SSSR count). The van der Waals surface area contributed by atoms with Crippen molar-refractivity contribution >= 4 is 21.4 Å². The third-order valence-electron chi connectivity index (χ3n) is 3.95. The van der Waals surface area contributed by atoms with Crippen molar-refractivity contribution in [3.05, 3.63) is 34.7 Å². The van der Waals surface area contributed by atoms with E-state index in [9.17, 15) is 0 Å². The van der Waals surface area contributed by atoms with Gasteiger partial charge in [0.15, 0.2) is 0 Å². The zero-order chi connectivity index (χ0) is 13.2. The molecule has 19 heavy (non-hydrogen) atoms. The van der Waals surface area contributed by atoms with Gasteiger partial charge in [0.2, 0.25) is 0 Å². The number of thiophene rings is 1. The van der Waals surface area contributed by atoms with Crippen molar-refractivity contribution in [2.75, 3.05) is 33.2 Å². The summed E-state index contributed by atoms with van der Waals surface area (Å²) in [6.07, 6.45) is 0. The van der Waals surface area contributed by atoms with Gasteiger partial charge in [0.1, 0.15) is 0 Å². The van der Waals surface area contributed by atoms with Gasteiger partial charge in [-0.3, -0.25) is 4.90 Å². The number of rotatable bonds is 3. The summed E-state index contributed by atoms with van der Waals surface area (Å²) >= 11 is 1.84. The molecule has 3 nitrogen and oxygen atoms in total. The molecular formula is C15H21N3S. The third-order valence-corrected chi connectivity index (χ3v) is 4.94. The van der Waals surface area contributed by atoms with Crippen molar-refractivity contribution in [1.29, 1.82) is 0 Å². The van der Waals surface area contributed by atoms with Gasteiger partial charge in [0.25, 0.3) is 0 Å². The summed E-state index contributed by atoms with van der Waals surface area (Å²) in [5.41, 5.74) is 8.39. The number of piperazine rings is 1. The van der Waals surface area contributed by atoms with Crippen molar-refractivity contribution < 1.29 is 0 Å². The summed E-state index contributed by atoms with van der Waals surface area (Å²) in [5, 5.41) is 3.71. The molecular weight excluding hydrogens is 254 g/mol. The second kappa shape index (κ2) is 5.59. The maximum atomic E-state index is 5.70. The van der Waals surface area contributed by atoms with Crippen LogP contribution < -0.4 is 5.73 Å². The minimum Gasteiger partial charge on any atom is -0.326 e. The van der Waals surface area contributed by atoms with Crippen molar-refractivity contribution in [2.45, 2.75) is 13.1 Å². The average Bonchev–Trinajstić information content (AvgIpc) is 2.83. The maximum Gasteiger partial charge on any atom is 0.0349 e. The van der Waals surface area contributed by atoms with E-state index in [0.717, 1.165) is 6.54 Å². The number of nitrogens with two attached hydrogens (primary N) is 1. The van der Waals surface area contributed by atoms with E-state index >= 15 is 0 Å². The van der Waals surface area contributed by atoms with Crippen molar-refractivity contribution in [3.63, 3.8) is 0 Å². The minimum atomic E-state index is 0.627. The summed E-state index contributed by atoms with van der Waals surface area (Å²) in [4.78, 5) is 4.95. The first-order valence-electron chi connectivity index (χ1n) is 6.86. The lowest BCUT2D eigenvalue weighted by Crippen LogP contribution is -2.43. The highest BCUT2D eigenvalue weighted by Crippen LogP contribution is 2.28. The van der Waals surface area contributed by atoms with Gasteiger partial charge in [-0.05, 0) is 35.0 Å². The normalized spacial score (nSPS) is 18.2. The SMILES string of the molecule is CN1CCN(Cc2csc3cc(CN)ccc23)CC1. The molecule has 0 atom stereocenters. The zero-order valence-corrected chi connectivity index (χ0v) is 12.2. The van der Waals surface area contributed by atoms with E-state index in [1.165, 1.54) is 47.4 Å². The van der Waals surface area contributed by atoms with E-state index < -0.39 is 0 Å². The number of nitrogens with zero attached hydrogens (tertiary/aromatic N) is 2. The van der Waals surface area contributed by atoms with E-state index in [1.54, 1.807) is 0 Å². The lowest BCUT2D eigenvalue weighted by atomic mass is 10.1. The summed E-state index contributed by atoms with van der Waals surface area (Å²) in [7, 11) is 2.20. The van der Waals surface area contributed by atoms with Crippen LogP contribution in [0.5, 0.6) is 0 Å². The Bertz CT molecular complexity index is 556. The van der Waals surface area contributed by atoms with E-state index in [1.807, 2.05) is 11.3 Å². The summed E-state index contributed by atoms with van der Waals surface area (Å²) in [6, 6.07) is 6.62. The molecule has 0 radical (unpaired) electrons. The van der Waals surface area contributed by atoms with Crippen LogP contribution in [0.25, 0.3) is 10.1 Å². The highest BCUT2D eigenvalue weighted by atomic mass is 32.1. The highest BCUT2D eigenvalue weighted by Gasteiger charge is 2.15. The Labute approximate surface area is 118 Å². The Morgan fingerprint density at radius 3 is 2.74 bits per heavy atom. The zero-order valence-electron chi connectivity index (χ0n) is 11.4. The van der Waals surface area contributed by atoms with Crippen LogP contribution in [0.4, 0.5) is 0 Å². The number of fused-ring (bicyclic) bond motifs is 1. The van der Waals surface area contributed by atoms with Gasteiger partial charge >= 0.3 is 0 Å². The van der Waals surface area contributed by atoms with Gasteiger partial charge in [-0.15, -0.1) is 11.3 Å². The lowest BCUT2D eigenvalue weighted by molar-refractivity contribution is 0.148. The first-order chi connectivity index (χ1) is 9.26. The fourth-order valence-corrected chi connectivity index (χ4v) is 3.64. The Hall–Kier alpha value is -0.940. The highest BCUT2D eigenvalue weighted by molar-refractivity contribution is 7.17. The average molecular weight is 275 g/mol. The topological polar surface area (TPSA) is 32.5 Å². The maximum absolute atomic E-state index is 5.70. The molecule has 1 saturated heterocycles. The Balaban J connectivity index is 1.78. The smallest absolute Gasteiger partial charge is 0.0349 e. The number of hydrogen-bond donors (Lipinski definition) is 1. The van der Waals surface area contributed by atoms with Gasteiger partial charge < -0.3 is 10.6 Å². The predicted molar refractivity (Wildman–Crippen MR) is 82.5 cm³/mol. The molecule has 0 spiro atoms. The van der Waals surface area contributed by atoms with Gasteiger partial charge in [-0.1, -0.05) is 12.1 Å². The molecule has 0 aliphatic carbocycles. The van der Waals surface area contributed by atoms with Crippen LogP contribution in [-0.4, -0.2) is 43.0 Å². The number of benzene rings is 1. The molecule has 0 amide bonds. The molecule has 0 unspecified atom stereocenters. The molecule has 2 heterocycles. The lowest BCUT2D eigenvalue weighted by Gasteiger charge is -2.32.